The van der Waals surface area contributed by atoms with Crippen LogP contribution in [0.2, 0.25) is 0 Å². The third kappa shape index (κ3) is 4.34. The van der Waals surface area contributed by atoms with E-state index in [4.69, 9.17) is 5.73 Å². The molecule has 0 aromatic carbocycles. The average molecular weight is 286 g/mol. The maximum absolute atomic E-state index is 11.9. The van der Waals surface area contributed by atoms with Gasteiger partial charge in [0.05, 0.1) is 17.5 Å². The Morgan fingerprint density at radius 1 is 1.44 bits per heavy atom. The molecule has 0 aliphatic rings. The van der Waals surface area contributed by atoms with Gasteiger partial charge in [-0.2, -0.15) is 0 Å². The Bertz CT molecular complexity index is 431. The summed E-state index contributed by atoms with van der Waals surface area (Å²) in [5.74, 6) is 0.0948. The van der Waals surface area contributed by atoms with Gasteiger partial charge < -0.3 is 10.6 Å². The number of carbonyl (C=O) groups excluding carboxylic acids is 2. The Morgan fingerprint density at radius 3 is 2.61 bits per heavy atom. The summed E-state index contributed by atoms with van der Waals surface area (Å²) in [4.78, 5) is 26.6. The quantitative estimate of drug-likeness (QED) is 0.867. The van der Waals surface area contributed by atoms with Gasteiger partial charge >= 0.3 is 0 Å². The van der Waals surface area contributed by atoms with Crippen LogP contribution in [0.1, 0.15) is 22.7 Å². The molecule has 0 spiro atoms. The molecule has 0 radical (unpaired) electrons. The van der Waals surface area contributed by atoms with Gasteiger partial charge in [0.1, 0.15) is 0 Å². The molecule has 1 aromatic heterocycles. The van der Waals surface area contributed by atoms with Crippen molar-refractivity contribution < 1.29 is 9.59 Å². The van der Waals surface area contributed by atoms with Crippen LogP contribution in [-0.2, 0) is 9.59 Å². The van der Waals surface area contributed by atoms with E-state index in [9.17, 15) is 9.59 Å². The van der Waals surface area contributed by atoms with Gasteiger partial charge in [-0.3, -0.25) is 9.59 Å². The van der Waals surface area contributed by atoms with E-state index in [1.54, 1.807) is 23.3 Å². The molecule has 0 bridgehead atoms. The molecule has 4 nitrogen and oxygen atoms in total. The zero-order valence-electron chi connectivity index (χ0n) is 10.8. The van der Waals surface area contributed by atoms with Crippen molar-refractivity contribution in [2.75, 3.05) is 18.6 Å². The van der Waals surface area contributed by atoms with Crippen molar-refractivity contribution in [2.45, 2.75) is 19.9 Å². The summed E-state index contributed by atoms with van der Waals surface area (Å²) in [6.07, 6.45) is 0. The highest BCUT2D eigenvalue weighted by Crippen LogP contribution is 2.26. The van der Waals surface area contributed by atoms with Gasteiger partial charge in [0.15, 0.2) is 0 Å². The lowest BCUT2D eigenvalue weighted by Crippen LogP contribution is -2.31. The number of nitrogens with two attached hydrogens (primary N) is 1. The molecule has 0 saturated heterocycles. The second kappa shape index (κ2) is 6.80. The first-order valence-electron chi connectivity index (χ1n) is 5.60. The minimum Gasteiger partial charge on any atom is -0.369 e. The second-order valence-electron chi connectivity index (χ2n) is 4.09. The minimum absolute atomic E-state index is 0.0137. The van der Waals surface area contributed by atoms with Gasteiger partial charge in [0.25, 0.3) is 0 Å². The molecule has 0 aliphatic carbocycles. The molecule has 1 heterocycles. The summed E-state index contributed by atoms with van der Waals surface area (Å²) in [6.45, 7) is 4.05. The third-order valence-corrected chi connectivity index (χ3v) is 4.73. The fourth-order valence-corrected chi connectivity index (χ4v) is 3.08. The highest BCUT2D eigenvalue weighted by molar-refractivity contribution is 8.00. The van der Waals surface area contributed by atoms with E-state index in [0.29, 0.717) is 0 Å². The van der Waals surface area contributed by atoms with Crippen molar-refractivity contribution in [3.05, 3.63) is 21.9 Å². The standard InChI is InChI=1S/C12H18N2O2S2/c1-8-4-5-10(18-8)9(2)14(3)12(16)7-17-6-11(13)15/h4-5,9H,6-7H2,1-3H3,(H2,13,15)/t9-/m1/s1. The number of rotatable bonds is 6. The maximum atomic E-state index is 11.9. The lowest BCUT2D eigenvalue weighted by Gasteiger charge is -2.24. The van der Waals surface area contributed by atoms with Crippen LogP contribution in [-0.4, -0.2) is 35.3 Å². The van der Waals surface area contributed by atoms with Gasteiger partial charge in [-0.1, -0.05) is 0 Å². The Labute approximate surface area is 116 Å². The number of amides is 2. The molecule has 2 amide bonds. The molecule has 0 saturated carbocycles. The van der Waals surface area contributed by atoms with E-state index in [2.05, 4.69) is 6.07 Å². The highest BCUT2D eigenvalue weighted by atomic mass is 32.2. The van der Waals surface area contributed by atoms with Gasteiger partial charge in [-0.25, -0.2) is 0 Å². The first-order valence-corrected chi connectivity index (χ1v) is 7.57. The molecule has 0 unspecified atom stereocenters. The maximum Gasteiger partial charge on any atom is 0.232 e. The Hall–Kier alpha value is -1.01. The SMILES string of the molecule is Cc1ccc([C@@H](C)N(C)C(=O)CSCC(N)=O)s1. The van der Waals surface area contributed by atoms with E-state index in [1.807, 2.05) is 19.9 Å². The molecule has 2 N–H and O–H groups in total. The molecule has 100 valence electrons. The van der Waals surface area contributed by atoms with Gasteiger partial charge in [-0.15, -0.1) is 23.1 Å². The minimum atomic E-state index is -0.391. The van der Waals surface area contributed by atoms with Crippen LogP contribution in [0.15, 0.2) is 12.1 Å². The summed E-state index contributed by atoms with van der Waals surface area (Å²) in [5.41, 5.74) is 5.03. The topological polar surface area (TPSA) is 63.4 Å². The molecule has 1 rings (SSSR count). The number of hydrogen-bond acceptors (Lipinski definition) is 4. The van der Waals surface area contributed by atoms with Crippen molar-refractivity contribution in [2.24, 2.45) is 5.73 Å². The number of thiophene rings is 1. The molecule has 1 atom stereocenters. The van der Waals surface area contributed by atoms with Gasteiger partial charge in [0, 0.05) is 16.8 Å². The molecule has 0 aliphatic heterocycles. The molecule has 1 aromatic rings. The number of hydrogen-bond donors (Lipinski definition) is 1. The van der Waals surface area contributed by atoms with Crippen LogP contribution in [0.5, 0.6) is 0 Å². The largest absolute Gasteiger partial charge is 0.369 e. The molecule has 18 heavy (non-hydrogen) atoms. The number of aryl methyl sites for hydroxylation is 1. The summed E-state index contributed by atoms with van der Waals surface area (Å²) in [5, 5.41) is 0. The summed E-state index contributed by atoms with van der Waals surface area (Å²) >= 11 is 2.95. The predicted octanol–water partition coefficient (Wildman–Crippen LogP) is 1.79. The fraction of sp³-hybridized carbons (Fsp3) is 0.500. The Morgan fingerprint density at radius 2 is 2.11 bits per heavy atom. The normalized spacial score (nSPS) is 12.2. The fourth-order valence-electron chi connectivity index (χ4n) is 1.43. The van der Waals surface area contributed by atoms with Crippen LogP contribution >= 0.6 is 23.1 Å². The van der Waals surface area contributed by atoms with Crippen LogP contribution in [0.25, 0.3) is 0 Å². The van der Waals surface area contributed by atoms with Crippen molar-refractivity contribution in [1.29, 1.82) is 0 Å². The van der Waals surface area contributed by atoms with E-state index in [1.165, 1.54) is 21.5 Å². The number of primary amides is 1. The zero-order chi connectivity index (χ0) is 13.7. The first kappa shape index (κ1) is 15.0. The van der Waals surface area contributed by atoms with Crippen molar-refractivity contribution in [1.82, 2.24) is 4.90 Å². The molecule has 6 heteroatoms. The van der Waals surface area contributed by atoms with Crippen molar-refractivity contribution >= 4 is 34.9 Å². The molecular formula is C12H18N2O2S2. The van der Waals surface area contributed by atoms with Crippen molar-refractivity contribution in [3.63, 3.8) is 0 Å². The van der Waals surface area contributed by atoms with Crippen molar-refractivity contribution in [3.8, 4) is 0 Å². The number of nitrogens with zero attached hydrogens (tertiary/aromatic N) is 1. The van der Waals surface area contributed by atoms with E-state index in [-0.39, 0.29) is 23.5 Å². The zero-order valence-corrected chi connectivity index (χ0v) is 12.4. The van der Waals surface area contributed by atoms with Gasteiger partial charge in [0.2, 0.25) is 11.8 Å². The van der Waals surface area contributed by atoms with Crippen LogP contribution in [0, 0.1) is 6.92 Å². The van der Waals surface area contributed by atoms with Crippen LogP contribution < -0.4 is 5.73 Å². The lowest BCUT2D eigenvalue weighted by atomic mass is 10.2. The number of carbonyl (C=O) groups is 2. The smallest absolute Gasteiger partial charge is 0.232 e. The van der Waals surface area contributed by atoms with E-state index < -0.39 is 5.91 Å². The molecular weight excluding hydrogens is 268 g/mol. The summed E-state index contributed by atoms with van der Waals surface area (Å²) in [7, 11) is 1.78. The first-order chi connectivity index (χ1) is 8.41. The van der Waals surface area contributed by atoms with E-state index >= 15 is 0 Å². The Kier molecular flexibility index (Phi) is 5.68. The average Bonchev–Trinajstić information content (AvgIpc) is 2.73. The van der Waals surface area contributed by atoms with Gasteiger partial charge in [-0.05, 0) is 26.0 Å². The predicted molar refractivity (Wildman–Crippen MR) is 76.8 cm³/mol. The summed E-state index contributed by atoms with van der Waals surface area (Å²) < 4.78 is 0. The van der Waals surface area contributed by atoms with Crippen LogP contribution in [0.3, 0.4) is 0 Å². The monoisotopic (exact) mass is 286 g/mol. The third-order valence-electron chi connectivity index (χ3n) is 2.62. The van der Waals surface area contributed by atoms with Crippen LogP contribution in [0.4, 0.5) is 0 Å². The summed E-state index contributed by atoms with van der Waals surface area (Å²) in [6, 6.07) is 4.16. The lowest BCUT2D eigenvalue weighted by molar-refractivity contribution is -0.128. The molecule has 0 fully saturated rings. The Balaban J connectivity index is 2.50. The van der Waals surface area contributed by atoms with E-state index in [0.717, 1.165) is 0 Å². The number of thioether (sulfide) groups is 1. The second-order valence-corrected chi connectivity index (χ2v) is 6.39. The highest BCUT2D eigenvalue weighted by Gasteiger charge is 2.18.